The third-order valence-electron chi connectivity index (χ3n) is 3.42. The minimum atomic E-state index is -0.217. The normalized spacial score (nSPS) is 10.3. The van der Waals surface area contributed by atoms with Gasteiger partial charge in [-0.2, -0.15) is 0 Å². The lowest BCUT2D eigenvalue weighted by Gasteiger charge is -2.09. The van der Waals surface area contributed by atoms with Crippen molar-refractivity contribution in [1.82, 2.24) is 10.3 Å². The van der Waals surface area contributed by atoms with Gasteiger partial charge in [-0.3, -0.25) is 0 Å². The summed E-state index contributed by atoms with van der Waals surface area (Å²) in [5, 5.41) is 5.61. The molecule has 0 saturated carbocycles. The lowest BCUT2D eigenvalue weighted by molar-refractivity contribution is 0.143. The van der Waals surface area contributed by atoms with Crippen molar-refractivity contribution >= 4 is 11.7 Å². The van der Waals surface area contributed by atoms with Crippen LogP contribution in [0.2, 0.25) is 0 Å². The Hall–Kier alpha value is -2.60. The summed E-state index contributed by atoms with van der Waals surface area (Å²) in [5.41, 5.74) is 1.78. The number of nitrogens with one attached hydrogen (secondary N) is 2. The Kier molecular flexibility index (Phi) is 7.72. The number of amides is 2. The predicted octanol–water partition coefficient (Wildman–Crippen LogP) is 4.12. The summed E-state index contributed by atoms with van der Waals surface area (Å²) in [6.45, 7) is 6.03. The highest BCUT2D eigenvalue weighted by Gasteiger charge is 2.03. The predicted molar refractivity (Wildman–Crippen MR) is 98.2 cm³/mol. The molecule has 0 fully saturated rings. The highest BCUT2D eigenvalue weighted by molar-refractivity contribution is 5.89. The summed E-state index contributed by atoms with van der Waals surface area (Å²) in [4.78, 5) is 16.0. The number of carbonyl (C=O) groups is 1. The van der Waals surface area contributed by atoms with E-state index in [4.69, 9.17) is 9.47 Å². The fourth-order valence-corrected chi connectivity index (χ4v) is 2.09. The van der Waals surface area contributed by atoms with E-state index in [2.05, 4.69) is 15.6 Å². The van der Waals surface area contributed by atoms with E-state index >= 15 is 0 Å². The number of aryl methyl sites for hydroxylation is 1. The van der Waals surface area contributed by atoms with Gasteiger partial charge < -0.3 is 20.1 Å². The van der Waals surface area contributed by atoms with E-state index < -0.39 is 0 Å². The summed E-state index contributed by atoms with van der Waals surface area (Å²) in [6, 6.07) is 10.7. The smallest absolute Gasteiger partial charge is 0.319 e. The summed E-state index contributed by atoms with van der Waals surface area (Å²) in [7, 11) is 0. The zero-order valence-electron chi connectivity index (χ0n) is 14.7. The molecule has 0 spiro atoms. The number of ether oxygens (including phenoxy) is 2. The second-order valence-corrected chi connectivity index (χ2v) is 5.59. The van der Waals surface area contributed by atoms with Crippen LogP contribution < -0.4 is 15.4 Å². The molecule has 0 aliphatic rings. The second kappa shape index (κ2) is 10.3. The molecule has 1 aromatic heterocycles. The van der Waals surface area contributed by atoms with E-state index in [1.165, 1.54) is 0 Å². The van der Waals surface area contributed by atoms with E-state index in [1.807, 2.05) is 26.0 Å². The van der Waals surface area contributed by atoms with E-state index in [9.17, 15) is 4.79 Å². The molecule has 2 amide bonds. The number of nitrogens with zero attached hydrogens (tertiary/aromatic N) is 1. The van der Waals surface area contributed by atoms with Crippen molar-refractivity contribution in [1.29, 1.82) is 0 Å². The van der Waals surface area contributed by atoms with Crippen LogP contribution in [0.3, 0.4) is 0 Å². The highest BCUT2D eigenvalue weighted by atomic mass is 16.5. The number of anilines is 1. The van der Waals surface area contributed by atoms with Crippen molar-refractivity contribution < 1.29 is 14.3 Å². The van der Waals surface area contributed by atoms with E-state index in [0.717, 1.165) is 31.6 Å². The molecule has 6 heteroatoms. The van der Waals surface area contributed by atoms with Crippen LogP contribution in [0.4, 0.5) is 10.5 Å². The van der Waals surface area contributed by atoms with Crippen molar-refractivity contribution in [3.63, 3.8) is 0 Å². The molecule has 134 valence electrons. The number of hydrogen-bond donors (Lipinski definition) is 2. The average Bonchev–Trinajstić information content (AvgIpc) is 2.62. The number of urea groups is 1. The minimum Gasteiger partial charge on any atom is -0.439 e. The van der Waals surface area contributed by atoms with E-state index in [0.29, 0.717) is 23.9 Å². The zero-order chi connectivity index (χ0) is 17.9. The quantitative estimate of drug-likeness (QED) is 0.672. The van der Waals surface area contributed by atoms with Crippen LogP contribution in [0.25, 0.3) is 0 Å². The molecule has 0 bridgehead atoms. The first-order valence-electron chi connectivity index (χ1n) is 8.50. The number of aromatic nitrogens is 1. The molecule has 0 atom stereocenters. The number of pyridine rings is 1. The number of hydrogen-bond acceptors (Lipinski definition) is 4. The number of unbranched alkanes of at least 4 members (excludes halogenated alkanes) is 1. The molecular formula is C19H25N3O3. The molecule has 0 aliphatic carbocycles. The lowest BCUT2D eigenvalue weighted by atomic mass is 10.3. The van der Waals surface area contributed by atoms with Crippen LogP contribution in [0.1, 0.15) is 25.3 Å². The molecular weight excluding hydrogens is 318 g/mol. The standard InChI is InChI=1S/C19H25N3O3/c1-3-24-13-5-4-12-20-19(23)22-16-7-9-17(10-8-16)25-18-11-6-15(2)14-21-18/h6-11,14H,3-5,12-13H2,1-2H3,(H2,20,22,23). The van der Waals surface area contributed by atoms with Crippen molar-refractivity contribution in [2.24, 2.45) is 0 Å². The molecule has 6 nitrogen and oxygen atoms in total. The maximum absolute atomic E-state index is 11.8. The van der Waals surface area contributed by atoms with Gasteiger partial charge in [0, 0.05) is 37.7 Å². The van der Waals surface area contributed by atoms with Gasteiger partial charge in [0.15, 0.2) is 0 Å². The molecule has 25 heavy (non-hydrogen) atoms. The molecule has 0 aliphatic heterocycles. The maximum atomic E-state index is 11.8. The van der Waals surface area contributed by atoms with Crippen LogP contribution in [0.5, 0.6) is 11.6 Å². The van der Waals surface area contributed by atoms with Crippen LogP contribution >= 0.6 is 0 Å². The minimum absolute atomic E-state index is 0.217. The number of benzene rings is 1. The van der Waals surface area contributed by atoms with Gasteiger partial charge in [-0.05, 0) is 56.5 Å². The Morgan fingerprint density at radius 1 is 1.12 bits per heavy atom. The largest absolute Gasteiger partial charge is 0.439 e. The average molecular weight is 343 g/mol. The summed E-state index contributed by atoms with van der Waals surface area (Å²) in [6.07, 6.45) is 3.58. The first kappa shape index (κ1) is 18.7. The van der Waals surface area contributed by atoms with Crippen molar-refractivity contribution in [3.05, 3.63) is 48.2 Å². The Bertz CT molecular complexity index is 642. The first-order chi connectivity index (χ1) is 12.2. The molecule has 0 unspecified atom stereocenters. The van der Waals surface area contributed by atoms with E-state index in [-0.39, 0.29) is 6.03 Å². The molecule has 2 aromatic rings. The molecule has 0 saturated heterocycles. The van der Waals surface area contributed by atoms with E-state index in [1.54, 1.807) is 30.5 Å². The zero-order valence-corrected chi connectivity index (χ0v) is 14.7. The van der Waals surface area contributed by atoms with Crippen LogP contribution in [0.15, 0.2) is 42.6 Å². The van der Waals surface area contributed by atoms with Gasteiger partial charge in [-0.1, -0.05) is 6.07 Å². The third kappa shape index (κ3) is 7.22. The topological polar surface area (TPSA) is 72.5 Å². The number of carbonyl (C=O) groups excluding carboxylic acids is 1. The van der Waals surface area contributed by atoms with Gasteiger partial charge in [-0.15, -0.1) is 0 Å². The Morgan fingerprint density at radius 3 is 2.60 bits per heavy atom. The van der Waals surface area contributed by atoms with Crippen LogP contribution in [-0.2, 0) is 4.74 Å². The maximum Gasteiger partial charge on any atom is 0.319 e. The van der Waals surface area contributed by atoms with Crippen molar-refractivity contribution in [3.8, 4) is 11.6 Å². The van der Waals surface area contributed by atoms with Crippen LogP contribution in [0, 0.1) is 6.92 Å². The first-order valence-corrected chi connectivity index (χ1v) is 8.50. The van der Waals surface area contributed by atoms with Crippen LogP contribution in [-0.4, -0.2) is 30.8 Å². The Balaban J connectivity index is 1.72. The van der Waals surface area contributed by atoms with Gasteiger partial charge in [0.2, 0.25) is 5.88 Å². The van der Waals surface area contributed by atoms with Gasteiger partial charge in [0.1, 0.15) is 5.75 Å². The molecule has 1 heterocycles. The van der Waals surface area contributed by atoms with Gasteiger partial charge in [0.05, 0.1) is 0 Å². The molecule has 2 N–H and O–H groups in total. The molecule has 1 aromatic carbocycles. The molecule has 0 radical (unpaired) electrons. The Morgan fingerprint density at radius 2 is 1.92 bits per heavy atom. The third-order valence-corrected chi connectivity index (χ3v) is 3.42. The summed E-state index contributed by atoms with van der Waals surface area (Å²) in [5.74, 6) is 1.20. The lowest BCUT2D eigenvalue weighted by Crippen LogP contribution is -2.29. The highest BCUT2D eigenvalue weighted by Crippen LogP contribution is 2.21. The molecule has 2 rings (SSSR count). The van der Waals surface area contributed by atoms with Gasteiger partial charge in [0.25, 0.3) is 0 Å². The number of rotatable bonds is 9. The van der Waals surface area contributed by atoms with Crippen molar-refractivity contribution in [2.45, 2.75) is 26.7 Å². The SMILES string of the molecule is CCOCCCCNC(=O)Nc1ccc(Oc2ccc(C)cn2)cc1. The fraction of sp³-hybridized carbons (Fsp3) is 0.368. The summed E-state index contributed by atoms with van der Waals surface area (Å²) >= 11 is 0. The second-order valence-electron chi connectivity index (χ2n) is 5.59. The Labute approximate surface area is 148 Å². The van der Waals surface area contributed by atoms with Crippen molar-refractivity contribution in [2.75, 3.05) is 25.1 Å². The fourth-order valence-electron chi connectivity index (χ4n) is 2.09. The van der Waals surface area contributed by atoms with Gasteiger partial charge in [-0.25, -0.2) is 9.78 Å². The van der Waals surface area contributed by atoms with Gasteiger partial charge >= 0.3 is 6.03 Å². The monoisotopic (exact) mass is 343 g/mol. The summed E-state index contributed by atoms with van der Waals surface area (Å²) < 4.78 is 10.9.